The molecule has 0 bridgehead atoms. The van der Waals surface area contributed by atoms with E-state index in [4.69, 9.17) is 28.3 Å². The molecule has 110 valence electrons. The number of carbonyl (C=O) groups is 1. The van der Waals surface area contributed by atoms with E-state index >= 15 is 0 Å². The van der Waals surface area contributed by atoms with Crippen molar-refractivity contribution in [3.63, 3.8) is 0 Å². The molecule has 0 atom stereocenters. The van der Waals surface area contributed by atoms with Gasteiger partial charge in [0.1, 0.15) is 5.15 Å². The highest BCUT2D eigenvalue weighted by molar-refractivity contribution is 6.35. The molecule has 0 saturated carbocycles. The molecule has 0 aliphatic carbocycles. The minimum Gasteiger partial charge on any atom is -0.395 e. The van der Waals surface area contributed by atoms with Crippen molar-refractivity contribution in [3.05, 3.63) is 28.0 Å². The number of carbonyl (C=O) groups excluding carboxylic acids is 1. The molecule has 0 radical (unpaired) electrons. The molecule has 1 N–H and O–H groups in total. The number of aliphatic hydroxyl groups is 1. The van der Waals surface area contributed by atoms with Gasteiger partial charge in [0.25, 0.3) is 5.91 Å². The van der Waals surface area contributed by atoms with E-state index in [9.17, 15) is 4.79 Å². The van der Waals surface area contributed by atoms with E-state index in [0.29, 0.717) is 30.2 Å². The molecule has 1 aliphatic heterocycles. The average molecular weight is 318 g/mol. The fourth-order valence-electron chi connectivity index (χ4n) is 2.29. The van der Waals surface area contributed by atoms with Gasteiger partial charge in [0.2, 0.25) is 0 Å². The molecule has 2 rings (SSSR count). The van der Waals surface area contributed by atoms with Gasteiger partial charge in [0.15, 0.2) is 0 Å². The molecule has 1 aromatic heterocycles. The van der Waals surface area contributed by atoms with Crippen LogP contribution < -0.4 is 0 Å². The molecule has 0 spiro atoms. The Morgan fingerprint density at radius 3 is 2.85 bits per heavy atom. The molecule has 1 amide bonds. The summed E-state index contributed by atoms with van der Waals surface area (Å²) in [6, 6.07) is 1.50. The van der Waals surface area contributed by atoms with Crippen molar-refractivity contribution in [2.45, 2.75) is 6.42 Å². The molecule has 1 fully saturated rings. The van der Waals surface area contributed by atoms with Crippen LogP contribution in [0.25, 0.3) is 0 Å². The molecule has 20 heavy (non-hydrogen) atoms. The van der Waals surface area contributed by atoms with Crippen molar-refractivity contribution < 1.29 is 9.90 Å². The van der Waals surface area contributed by atoms with E-state index in [-0.39, 0.29) is 17.7 Å². The second-order valence-electron chi connectivity index (χ2n) is 4.70. The van der Waals surface area contributed by atoms with Gasteiger partial charge in [-0.25, -0.2) is 4.98 Å². The number of aliphatic hydroxyl groups excluding tert-OH is 1. The number of aromatic nitrogens is 1. The topological polar surface area (TPSA) is 56.7 Å². The maximum atomic E-state index is 12.5. The van der Waals surface area contributed by atoms with E-state index < -0.39 is 0 Å². The Kier molecular flexibility index (Phi) is 5.60. The third-order valence-electron chi connectivity index (χ3n) is 3.34. The minimum absolute atomic E-state index is 0.120. The van der Waals surface area contributed by atoms with Gasteiger partial charge in [0, 0.05) is 32.4 Å². The van der Waals surface area contributed by atoms with Crippen LogP contribution in [-0.2, 0) is 0 Å². The van der Waals surface area contributed by atoms with E-state index in [2.05, 4.69) is 9.88 Å². The molecular formula is C13H17Cl2N3O2. The first kappa shape index (κ1) is 15.5. The second-order valence-corrected chi connectivity index (χ2v) is 5.49. The smallest absolute Gasteiger partial charge is 0.255 e. The van der Waals surface area contributed by atoms with Crippen LogP contribution in [0.5, 0.6) is 0 Å². The molecule has 1 aromatic rings. The first-order valence-electron chi connectivity index (χ1n) is 6.55. The standard InChI is InChI=1S/C13H17Cl2N3O2/c14-11-9-16-12(15)8-10(11)13(20)18-3-1-2-17(4-5-18)6-7-19/h8-9,19H,1-7H2. The van der Waals surface area contributed by atoms with E-state index in [1.165, 1.54) is 12.3 Å². The van der Waals surface area contributed by atoms with Crippen molar-refractivity contribution >= 4 is 29.1 Å². The molecule has 1 aliphatic rings. The van der Waals surface area contributed by atoms with Crippen LogP contribution in [0.2, 0.25) is 10.2 Å². The molecule has 1 saturated heterocycles. The summed E-state index contributed by atoms with van der Waals surface area (Å²) in [5.74, 6) is -0.120. The molecule has 5 nitrogen and oxygen atoms in total. The number of hydrogen-bond donors (Lipinski definition) is 1. The summed E-state index contributed by atoms with van der Waals surface area (Å²) in [5, 5.41) is 9.54. The predicted molar refractivity (Wildman–Crippen MR) is 78.3 cm³/mol. The zero-order valence-corrected chi connectivity index (χ0v) is 12.6. The lowest BCUT2D eigenvalue weighted by molar-refractivity contribution is 0.0760. The Balaban J connectivity index is 2.07. The van der Waals surface area contributed by atoms with Crippen molar-refractivity contribution in [1.29, 1.82) is 0 Å². The van der Waals surface area contributed by atoms with Crippen LogP contribution in [-0.4, -0.2) is 65.1 Å². The minimum atomic E-state index is -0.120. The first-order chi connectivity index (χ1) is 9.61. The van der Waals surface area contributed by atoms with Gasteiger partial charge < -0.3 is 10.0 Å². The van der Waals surface area contributed by atoms with Crippen LogP contribution >= 0.6 is 23.2 Å². The van der Waals surface area contributed by atoms with Gasteiger partial charge >= 0.3 is 0 Å². The van der Waals surface area contributed by atoms with Gasteiger partial charge in [-0.1, -0.05) is 23.2 Å². The van der Waals surface area contributed by atoms with Gasteiger partial charge in [-0.3, -0.25) is 9.69 Å². The Morgan fingerprint density at radius 1 is 1.30 bits per heavy atom. The van der Waals surface area contributed by atoms with Crippen LogP contribution in [0, 0.1) is 0 Å². The summed E-state index contributed by atoms with van der Waals surface area (Å²) in [5.41, 5.74) is 0.391. The van der Waals surface area contributed by atoms with Gasteiger partial charge in [-0.05, 0) is 19.0 Å². The lowest BCUT2D eigenvalue weighted by Crippen LogP contribution is -2.36. The number of β-amino-alcohol motifs (C(OH)–C–C–N with tert-alkyl or cyclic N) is 1. The summed E-state index contributed by atoms with van der Waals surface area (Å²) >= 11 is 11.8. The number of hydrogen-bond acceptors (Lipinski definition) is 4. The number of pyridine rings is 1. The zero-order valence-electron chi connectivity index (χ0n) is 11.1. The van der Waals surface area contributed by atoms with Crippen molar-refractivity contribution in [3.8, 4) is 0 Å². The fraction of sp³-hybridized carbons (Fsp3) is 0.538. The summed E-state index contributed by atoms with van der Waals surface area (Å²) in [4.78, 5) is 20.2. The number of rotatable bonds is 3. The van der Waals surface area contributed by atoms with Crippen molar-refractivity contribution in [2.24, 2.45) is 0 Å². The molecule has 2 heterocycles. The highest BCUT2D eigenvalue weighted by Gasteiger charge is 2.22. The first-order valence-corrected chi connectivity index (χ1v) is 7.31. The fourth-order valence-corrected chi connectivity index (χ4v) is 2.63. The third-order valence-corrected chi connectivity index (χ3v) is 3.85. The Labute approximate surface area is 128 Å². The quantitative estimate of drug-likeness (QED) is 0.859. The maximum absolute atomic E-state index is 12.5. The molecular weight excluding hydrogens is 301 g/mol. The molecule has 0 aromatic carbocycles. The zero-order chi connectivity index (χ0) is 14.5. The highest BCUT2D eigenvalue weighted by atomic mass is 35.5. The third kappa shape index (κ3) is 3.82. The van der Waals surface area contributed by atoms with E-state index in [1.54, 1.807) is 4.90 Å². The van der Waals surface area contributed by atoms with E-state index in [0.717, 1.165) is 19.5 Å². The van der Waals surface area contributed by atoms with Gasteiger partial charge in [-0.2, -0.15) is 0 Å². The SMILES string of the molecule is O=C(c1cc(Cl)ncc1Cl)N1CCCN(CCO)CC1. The summed E-state index contributed by atoms with van der Waals surface area (Å²) in [6.45, 7) is 3.72. The van der Waals surface area contributed by atoms with E-state index in [1.807, 2.05) is 0 Å². The Bertz CT molecular complexity index is 485. The Morgan fingerprint density at radius 2 is 2.10 bits per heavy atom. The predicted octanol–water partition coefficient (Wildman–Crippen LogP) is 1.53. The van der Waals surface area contributed by atoms with Crippen LogP contribution in [0.15, 0.2) is 12.3 Å². The van der Waals surface area contributed by atoms with Gasteiger partial charge in [-0.15, -0.1) is 0 Å². The summed E-state index contributed by atoms with van der Waals surface area (Å²) in [7, 11) is 0. The molecule has 0 unspecified atom stereocenters. The Hall–Kier alpha value is -0.880. The average Bonchev–Trinajstić information content (AvgIpc) is 2.67. The van der Waals surface area contributed by atoms with Crippen molar-refractivity contribution in [2.75, 3.05) is 39.3 Å². The van der Waals surface area contributed by atoms with Crippen molar-refractivity contribution in [1.82, 2.24) is 14.8 Å². The largest absolute Gasteiger partial charge is 0.395 e. The number of amides is 1. The summed E-state index contributed by atoms with van der Waals surface area (Å²) in [6.07, 6.45) is 2.27. The lowest BCUT2D eigenvalue weighted by Gasteiger charge is -2.22. The van der Waals surface area contributed by atoms with Crippen LogP contribution in [0.1, 0.15) is 16.8 Å². The van der Waals surface area contributed by atoms with Crippen LogP contribution in [0.3, 0.4) is 0 Å². The van der Waals surface area contributed by atoms with Crippen LogP contribution in [0.4, 0.5) is 0 Å². The number of halogens is 2. The molecule has 7 heteroatoms. The monoisotopic (exact) mass is 317 g/mol. The highest BCUT2D eigenvalue weighted by Crippen LogP contribution is 2.20. The second kappa shape index (κ2) is 7.22. The maximum Gasteiger partial charge on any atom is 0.255 e. The number of nitrogens with zero attached hydrogens (tertiary/aromatic N) is 3. The summed E-state index contributed by atoms with van der Waals surface area (Å²) < 4.78 is 0. The normalized spacial score (nSPS) is 17.1. The van der Waals surface area contributed by atoms with Gasteiger partial charge in [0.05, 0.1) is 17.2 Å². The lowest BCUT2D eigenvalue weighted by atomic mass is 10.2.